The fraction of sp³-hybridized carbons (Fsp3) is 0.286. The zero-order valence-corrected chi connectivity index (χ0v) is 28.7. The monoisotopic (exact) mass is 654 g/mol. The number of rotatable bonds is 6. The molecular formula is C42H38O3S2. The topological polar surface area (TPSA) is 27.7 Å². The average Bonchev–Trinajstić information content (AvgIpc) is 3.83. The van der Waals surface area contributed by atoms with Crippen molar-refractivity contribution in [3.8, 4) is 28.4 Å². The Morgan fingerprint density at radius 2 is 1.57 bits per heavy atom. The van der Waals surface area contributed by atoms with Gasteiger partial charge < -0.3 is 14.2 Å². The largest absolute Gasteiger partial charge is 0.497 e. The van der Waals surface area contributed by atoms with Crippen LogP contribution < -0.4 is 14.2 Å². The maximum absolute atomic E-state index is 7.64. The summed E-state index contributed by atoms with van der Waals surface area (Å²) < 4.78 is 18.8. The number of ether oxygens (including phenoxy) is 3. The third-order valence-electron chi connectivity index (χ3n) is 11.6. The number of fused-ring (bicyclic) bond motifs is 13. The van der Waals surface area contributed by atoms with Crippen LogP contribution in [0.3, 0.4) is 0 Å². The van der Waals surface area contributed by atoms with E-state index in [9.17, 15) is 0 Å². The summed E-state index contributed by atoms with van der Waals surface area (Å²) in [5.74, 6) is 4.74. The van der Waals surface area contributed by atoms with Crippen LogP contribution in [-0.2, 0) is 16.8 Å². The van der Waals surface area contributed by atoms with Crippen molar-refractivity contribution in [3.63, 3.8) is 0 Å². The van der Waals surface area contributed by atoms with E-state index in [2.05, 4.69) is 79.1 Å². The van der Waals surface area contributed by atoms with Crippen LogP contribution in [0.5, 0.6) is 17.2 Å². The highest BCUT2D eigenvalue weighted by atomic mass is 32.2. The molecule has 2 saturated carbocycles. The van der Waals surface area contributed by atoms with Gasteiger partial charge >= 0.3 is 0 Å². The number of thioether (sulfide) groups is 1. The highest BCUT2D eigenvalue weighted by molar-refractivity contribution is 7.98. The minimum atomic E-state index is -0.845. The van der Waals surface area contributed by atoms with Crippen molar-refractivity contribution in [2.45, 2.75) is 47.3 Å². The molecule has 5 heteroatoms. The zero-order chi connectivity index (χ0) is 31.9. The molecule has 47 heavy (non-hydrogen) atoms. The Labute approximate surface area is 286 Å². The van der Waals surface area contributed by atoms with E-state index in [1.165, 1.54) is 74.7 Å². The lowest BCUT2D eigenvalue weighted by atomic mass is 9.65. The van der Waals surface area contributed by atoms with Gasteiger partial charge in [-0.25, -0.2) is 0 Å². The first-order valence-electron chi connectivity index (χ1n) is 16.6. The van der Waals surface area contributed by atoms with Gasteiger partial charge in [0.15, 0.2) is 5.60 Å². The molecule has 3 nitrogen and oxygen atoms in total. The summed E-state index contributed by atoms with van der Waals surface area (Å²) in [6.07, 6.45) is 12.0. The molecule has 3 atom stereocenters. The van der Waals surface area contributed by atoms with E-state index in [1.54, 1.807) is 26.0 Å². The Morgan fingerprint density at radius 3 is 2.17 bits per heavy atom. The quantitative estimate of drug-likeness (QED) is 0.146. The first-order valence-corrected chi connectivity index (χ1v) is 18.5. The summed E-state index contributed by atoms with van der Waals surface area (Å²) in [4.78, 5) is 1.24. The molecule has 1 aliphatic heterocycles. The molecule has 4 aliphatic rings. The van der Waals surface area contributed by atoms with Gasteiger partial charge in [0.25, 0.3) is 0 Å². The SMILES string of the molecule is COc1ccc(C2(c3ccc(OC)cc3)C=Cc3c4c(c5cc(CS)c(SC)cc5c3O2)-c2ccccc2C42CC3CCC2C3)cc1. The highest BCUT2D eigenvalue weighted by Gasteiger charge is 2.58. The van der Waals surface area contributed by atoms with Gasteiger partial charge in [0.05, 0.1) is 14.2 Å². The van der Waals surface area contributed by atoms with Gasteiger partial charge in [-0.1, -0.05) is 61.0 Å². The Bertz CT molecular complexity index is 2030. The first-order chi connectivity index (χ1) is 23.0. The molecule has 0 amide bonds. The zero-order valence-electron chi connectivity index (χ0n) is 27.0. The molecule has 1 spiro atoms. The second kappa shape index (κ2) is 10.9. The molecule has 0 saturated heterocycles. The summed E-state index contributed by atoms with van der Waals surface area (Å²) in [7, 11) is 3.42. The molecule has 0 N–H and O–H groups in total. The van der Waals surface area contributed by atoms with Crippen molar-refractivity contribution in [3.05, 3.63) is 124 Å². The second-order valence-electron chi connectivity index (χ2n) is 13.6. The van der Waals surface area contributed by atoms with E-state index in [-0.39, 0.29) is 5.41 Å². The van der Waals surface area contributed by atoms with E-state index in [0.29, 0.717) is 11.7 Å². The predicted molar refractivity (Wildman–Crippen MR) is 197 cm³/mol. The number of hydrogen-bond donors (Lipinski definition) is 1. The molecule has 5 aromatic carbocycles. The lowest BCUT2D eigenvalue weighted by molar-refractivity contribution is 0.162. The summed E-state index contributed by atoms with van der Waals surface area (Å²) in [5.41, 5.74) is 9.61. The smallest absolute Gasteiger partial charge is 0.178 e. The van der Waals surface area contributed by atoms with Crippen molar-refractivity contribution in [1.82, 2.24) is 0 Å². The minimum Gasteiger partial charge on any atom is -0.497 e. The van der Waals surface area contributed by atoms with E-state index in [4.69, 9.17) is 26.8 Å². The Hall–Kier alpha value is -3.80. The molecule has 3 unspecified atom stereocenters. The van der Waals surface area contributed by atoms with Gasteiger partial charge in [-0.15, -0.1) is 11.8 Å². The number of benzene rings is 5. The lowest BCUT2D eigenvalue weighted by Crippen LogP contribution is -2.36. The fourth-order valence-electron chi connectivity index (χ4n) is 9.61. The third-order valence-corrected chi connectivity index (χ3v) is 12.8. The highest BCUT2D eigenvalue weighted by Crippen LogP contribution is 2.69. The van der Waals surface area contributed by atoms with Gasteiger partial charge in [-0.3, -0.25) is 0 Å². The third kappa shape index (κ3) is 4.02. The molecule has 3 aliphatic carbocycles. The molecule has 0 radical (unpaired) electrons. The summed E-state index contributed by atoms with van der Waals surface area (Å²) in [6.45, 7) is 0. The van der Waals surface area contributed by atoms with Gasteiger partial charge in [-0.05, 0) is 113 Å². The lowest BCUT2D eigenvalue weighted by Gasteiger charge is -2.41. The average molecular weight is 655 g/mol. The van der Waals surface area contributed by atoms with E-state index < -0.39 is 5.60 Å². The number of methoxy groups -OCH3 is 2. The van der Waals surface area contributed by atoms with Crippen LogP contribution in [0, 0.1) is 11.8 Å². The van der Waals surface area contributed by atoms with Gasteiger partial charge in [0.1, 0.15) is 17.2 Å². The number of thiol groups is 1. The second-order valence-corrected chi connectivity index (χ2v) is 14.7. The van der Waals surface area contributed by atoms with Crippen LogP contribution in [0.1, 0.15) is 59.1 Å². The summed E-state index contributed by atoms with van der Waals surface area (Å²) >= 11 is 6.60. The van der Waals surface area contributed by atoms with Gasteiger partial charge in [-0.2, -0.15) is 12.6 Å². The molecular weight excluding hydrogens is 617 g/mol. The summed E-state index contributed by atoms with van der Waals surface area (Å²) in [6, 6.07) is 30.7. The van der Waals surface area contributed by atoms with Crippen LogP contribution in [0.15, 0.2) is 95.9 Å². The Morgan fingerprint density at radius 1 is 0.872 bits per heavy atom. The molecule has 0 aromatic heterocycles. The van der Waals surface area contributed by atoms with Crippen molar-refractivity contribution in [2.75, 3.05) is 20.5 Å². The van der Waals surface area contributed by atoms with Crippen molar-refractivity contribution in [1.29, 1.82) is 0 Å². The van der Waals surface area contributed by atoms with Crippen LogP contribution in [0.25, 0.3) is 28.0 Å². The fourth-order valence-corrected chi connectivity index (χ4v) is 10.6. The van der Waals surface area contributed by atoms with Gasteiger partial charge in [0, 0.05) is 38.1 Å². The van der Waals surface area contributed by atoms with Crippen molar-refractivity contribution in [2.24, 2.45) is 11.8 Å². The molecule has 2 fully saturated rings. The standard InChI is InChI=1S/C42H38O3S2/c1-43-30-14-10-27(11-15-30)42(28-12-16-31(44-2)17-13-28)19-18-33-39-38(34-21-26(24-46)37(47-3)22-35(34)40(33)45-42)32-6-4-5-7-36(32)41(39)23-25-8-9-29(41)20-25/h4-7,10-19,21-22,25,29,46H,8-9,20,23-24H2,1-3H3. The molecule has 1 heterocycles. The summed E-state index contributed by atoms with van der Waals surface area (Å²) in [5, 5.41) is 2.45. The van der Waals surface area contributed by atoms with Crippen LogP contribution in [-0.4, -0.2) is 20.5 Å². The van der Waals surface area contributed by atoms with E-state index in [1.807, 2.05) is 24.3 Å². The van der Waals surface area contributed by atoms with Crippen molar-refractivity contribution < 1.29 is 14.2 Å². The van der Waals surface area contributed by atoms with Crippen molar-refractivity contribution >= 4 is 41.2 Å². The molecule has 2 bridgehead atoms. The van der Waals surface area contributed by atoms with E-state index in [0.717, 1.165) is 34.3 Å². The minimum absolute atomic E-state index is 0.0142. The van der Waals surface area contributed by atoms with Crippen LogP contribution in [0.4, 0.5) is 0 Å². The Kier molecular flexibility index (Phi) is 6.78. The van der Waals surface area contributed by atoms with Crippen LogP contribution in [0.2, 0.25) is 0 Å². The number of hydrogen-bond acceptors (Lipinski definition) is 5. The maximum atomic E-state index is 7.64. The maximum Gasteiger partial charge on any atom is 0.178 e. The molecule has 5 aromatic rings. The van der Waals surface area contributed by atoms with Gasteiger partial charge in [0.2, 0.25) is 0 Å². The normalized spacial score (nSPS) is 22.6. The molecule has 9 rings (SSSR count). The first kappa shape index (κ1) is 29.3. The molecule has 236 valence electrons. The predicted octanol–water partition coefficient (Wildman–Crippen LogP) is 10.4. The van der Waals surface area contributed by atoms with Crippen LogP contribution >= 0.6 is 24.4 Å². The Balaban J connectivity index is 1.38. The van der Waals surface area contributed by atoms with E-state index >= 15 is 0 Å².